The van der Waals surface area contributed by atoms with Gasteiger partial charge in [-0.05, 0) is 36.1 Å². The molecule has 1 N–H and O–H groups in total. The maximum Gasteiger partial charge on any atom is 0.337 e. The Hall–Kier alpha value is -1.51. The molecule has 0 heterocycles. The van der Waals surface area contributed by atoms with Gasteiger partial charge in [-0.15, -0.1) is 0 Å². The van der Waals surface area contributed by atoms with Crippen LogP contribution in [-0.2, 0) is 4.74 Å². The number of hydrogen-bond donors (Lipinski definition) is 1. The van der Waals surface area contributed by atoms with Crippen molar-refractivity contribution in [1.29, 1.82) is 0 Å². The number of ether oxygens (including phenoxy) is 1. The van der Waals surface area contributed by atoms with Gasteiger partial charge < -0.3 is 9.84 Å². The van der Waals surface area contributed by atoms with Crippen LogP contribution in [0.25, 0.3) is 0 Å². The summed E-state index contributed by atoms with van der Waals surface area (Å²) in [7, 11) is 1.35. The molecular weight excluding hydrogens is 192 g/mol. The zero-order chi connectivity index (χ0) is 11.6. The largest absolute Gasteiger partial charge is 0.507 e. The lowest BCUT2D eigenvalue weighted by molar-refractivity contribution is 0.0600. The fourth-order valence-corrected chi connectivity index (χ4v) is 1.48. The molecule has 3 nitrogen and oxygen atoms in total. The smallest absolute Gasteiger partial charge is 0.337 e. The maximum absolute atomic E-state index is 11.3. The Labute approximate surface area is 89.7 Å². The highest BCUT2D eigenvalue weighted by atomic mass is 16.5. The maximum atomic E-state index is 11.3. The van der Waals surface area contributed by atoms with E-state index in [1.54, 1.807) is 19.1 Å². The summed E-state index contributed by atoms with van der Waals surface area (Å²) < 4.78 is 4.65. The van der Waals surface area contributed by atoms with Crippen LogP contribution in [0.5, 0.6) is 5.75 Å². The molecule has 0 atom stereocenters. The number of methoxy groups -OCH3 is 1. The van der Waals surface area contributed by atoms with Crippen LogP contribution in [0.2, 0.25) is 0 Å². The molecule has 0 bridgehead atoms. The van der Waals surface area contributed by atoms with E-state index < -0.39 is 0 Å². The van der Waals surface area contributed by atoms with Crippen molar-refractivity contribution in [3.63, 3.8) is 0 Å². The normalized spacial score (nSPS) is 10.5. The second-order valence-corrected chi connectivity index (χ2v) is 3.88. The first-order valence-electron chi connectivity index (χ1n) is 4.89. The number of carbonyl (C=O) groups excluding carboxylic acids is 1. The van der Waals surface area contributed by atoms with Gasteiger partial charge in [-0.1, -0.05) is 13.8 Å². The Morgan fingerprint density at radius 3 is 2.47 bits per heavy atom. The summed E-state index contributed by atoms with van der Waals surface area (Å²) in [6.07, 6.45) is 0. The van der Waals surface area contributed by atoms with E-state index in [1.807, 2.05) is 13.8 Å². The van der Waals surface area contributed by atoms with Crippen molar-refractivity contribution in [2.75, 3.05) is 7.11 Å². The Bertz CT molecular complexity index is 381. The van der Waals surface area contributed by atoms with E-state index in [9.17, 15) is 9.90 Å². The lowest BCUT2D eigenvalue weighted by Crippen LogP contribution is -2.03. The number of phenolic OH excluding ortho intramolecular Hbond substituents is 1. The number of phenols is 1. The second-order valence-electron chi connectivity index (χ2n) is 3.88. The SMILES string of the molecule is COC(=O)c1cc(C)c(O)c(C(C)C)c1. The molecule has 0 aromatic heterocycles. The summed E-state index contributed by atoms with van der Waals surface area (Å²) in [6, 6.07) is 3.31. The molecule has 0 aliphatic heterocycles. The molecule has 0 amide bonds. The van der Waals surface area contributed by atoms with Crippen molar-refractivity contribution in [2.45, 2.75) is 26.7 Å². The summed E-state index contributed by atoms with van der Waals surface area (Å²) in [5.41, 5.74) is 1.95. The van der Waals surface area contributed by atoms with Crippen LogP contribution in [-0.4, -0.2) is 18.2 Å². The predicted octanol–water partition coefficient (Wildman–Crippen LogP) is 2.61. The molecule has 0 unspecified atom stereocenters. The van der Waals surface area contributed by atoms with Gasteiger partial charge >= 0.3 is 5.97 Å². The standard InChI is InChI=1S/C12H16O3/c1-7(2)10-6-9(12(14)15-4)5-8(3)11(10)13/h5-7,13H,1-4H3. The number of esters is 1. The second kappa shape index (κ2) is 4.34. The van der Waals surface area contributed by atoms with E-state index >= 15 is 0 Å². The molecular formula is C12H16O3. The van der Waals surface area contributed by atoms with Crippen molar-refractivity contribution in [1.82, 2.24) is 0 Å². The molecule has 1 aromatic carbocycles. The van der Waals surface area contributed by atoms with Crippen LogP contribution >= 0.6 is 0 Å². The van der Waals surface area contributed by atoms with Crippen LogP contribution < -0.4 is 0 Å². The molecule has 1 aromatic rings. The Morgan fingerprint density at radius 2 is 2.00 bits per heavy atom. The van der Waals surface area contributed by atoms with E-state index in [0.717, 1.165) is 5.56 Å². The third-order valence-corrected chi connectivity index (χ3v) is 2.37. The minimum Gasteiger partial charge on any atom is -0.507 e. The van der Waals surface area contributed by atoms with E-state index in [2.05, 4.69) is 4.74 Å². The molecule has 0 aliphatic rings. The summed E-state index contributed by atoms with van der Waals surface area (Å²) in [5.74, 6) is 0.0611. The summed E-state index contributed by atoms with van der Waals surface area (Å²) >= 11 is 0. The van der Waals surface area contributed by atoms with Gasteiger partial charge in [0.2, 0.25) is 0 Å². The molecule has 0 aliphatic carbocycles. The van der Waals surface area contributed by atoms with E-state index in [4.69, 9.17) is 0 Å². The van der Waals surface area contributed by atoms with Crippen molar-refractivity contribution in [2.24, 2.45) is 0 Å². The Balaban J connectivity index is 3.29. The topological polar surface area (TPSA) is 46.5 Å². The highest BCUT2D eigenvalue weighted by Crippen LogP contribution is 2.30. The van der Waals surface area contributed by atoms with Gasteiger partial charge in [-0.3, -0.25) is 0 Å². The molecule has 0 saturated carbocycles. The monoisotopic (exact) mass is 208 g/mol. The van der Waals surface area contributed by atoms with Crippen molar-refractivity contribution in [3.05, 3.63) is 28.8 Å². The molecule has 0 fully saturated rings. The van der Waals surface area contributed by atoms with Crippen molar-refractivity contribution in [3.8, 4) is 5.75 Å². The van der Waals surface area contributed by atoms with Gasteiger partial charge in [0.05, 0.1) is 12.7 Å². The van der Waals surface area contributed by atoms with Gasteiger partial charge in [-0.25, -0.2) is 4.79 Å². The highest BCUT2D eigenvalue weighted by Gasteiger charge is 2.14. The lowest BCUT2D eigenvalue weighted by atomic mass is 9.96. The average Bonchev–Trinajstić information content (AvgIpc) is 2.20. The summed E-state index contributed by atoms with van der Waals surface area (Å²) in [4.78, 5) is 11.3. The molecule has 3 heteroatoms. The predicted molar refractivity (Wildman–Crippen MR) is 58.3 cm³/mol. The first kappa shape index (κ1) is 11.6. The quantitative estimate of drug-likeness (QED) is 0.760. The number of aromatic hydroxyl groups is 1. The van der Waals surface area contributed by atoms with Gasteiger partial charge in [-0.2, -0.15) is 0 Å². The summed E-state index contributed by atoms with van der Waals surface area (Å²) in [6.45, 7) is 5.71. The van der Waals surface area contributed by atoms with Crippen molar-refractivity contribution >= 4 is 5.97 Å². The number of hydrogen-bond acceptors (Lipinski definition) is 3. The highest BCUT2D eigenvalue weighted by molar-refractivity contribution is 5.90. The molecule has 0 spiro atoms. The molecule has 1 rings (SSSR count). The van der Waals surface area contributed by atoms with Crippen LogP contribution in [0.15, 0.2) is 12.1 Å². The zero-order valence-corrected chi connectivity index (χ0v) is 9.50. The van der Waals surface area contributed by atoms with E-state index in [0.29, 0.717) is 11.1 Å². The Morgan fingerprint density at radius 1 is 1.40 bits per heavy atom. The number of aryl methyl sites for hydroxylation is 1. The van der Waals surface area contributed by atoms with E-state index in [1.165, 1.54) is 7.11 Å². The summed E-state index contributed by atoms with van der Waals surface area (Å²) in [5, 5.41) is 9.79. The van der Waals surface area contributed by atoms with Gasteiger partial charge in [0.1, 0.15) is 5.75 Å². The number of carbonyl (C=O) groups is 1. The fraction of sp³-hybridized carbons (Fsp3) is 0.417. The van der Waals surface area contributed by atoms with Crippen LogP contribution in [0.4, 0.5) is 0 Å². The zero-order valence-electron chi connectivity index (χ0n) is 9.50. The van der Waals surface area contributed by atoms with Gasteiger partial charge in [0.15, 0.2) is 0 Å². The first-order valence-corrected chi connectivity index (χ1v) is 4.89. The minimum absolute atomic E-state index is 0.174. The van der Waals surface area contributed by atoms with Crippen LogP contribution in [0, 0.1) is 6.92 Å². The first-order chi connectivity index (χ1) is 6.97. The third-order valence-electron chi connectivity index (χ3n) is 2.37. The minimum atomic E-state index is -0.375. The third kappa shape index (κ3) is 2.29. The lowest BCUT2D eigenvalue weighted by Gasteiger charge is -2.12. The molecule has 15 heavy (non-hydrogen) atoms. The van der Waals surface area contributed by atoms with Crippen LogP contribution in [0.1, 0.15) is 41.3 Å². The molecule has 82 valence electrons. The Kier molecular flexibility index (Phi) is 3.35. The van der Waals surface area contributed by atoms with Crippen LogP contribution in [0.3, 0.4) is 0 Å². The molecule has 0 radical (unpaired) electrons. The fourth-order valence-electron chi connectivity index (χ4n) is 1.48. The van der Waals surface area contributed by atoms with Gasteiger partial charge in [0, 0.05) is 0 Å². The van der Waals surface area contributed by atoms with E-state index in [-0.39, 0.29) is 17.6 Å². The average molecular weight is 208 g/mol. The number of rotatable bonds is 2. The molecule has 0 saturated heterocycles. The van der Waals surface area contributed by atoms with Gasteiger partial charge in [0.25, 0.3) is 0 Å². The number of benzene rings is 1. The van der Waals surface area contributed by atoms with Crippen molar-refractivity contribution < 1.29 is 14.6 Å².